The van der Waals surface area contributed by atoms with Gasteiger partial charge in [0.15, 0.2) is 0 Å². The molecule has 32 heavy (non-hydrogen) atoms. The molecule has 4 aliphatic rings. The van der Waals surface area contributed by atoms with Gasteiger partial charge in [-0.05, 0) is 37.2 Å². The summed E-state index contributed by atoms with van der Waals surface area (Å²) in [7, 11) is 0. The van der Waals surface area contributed by atoms with Crippen molar-refractivity contribution in [1.82, 2.24) is 0 Å². The molecule has 4 fully saturated rings. The molecule has 2 aliphatic carbocycles. The van der Waals surface area contributed by atoms with E-state index in [2.05, 4.69) is 0 Å². The quantitative estimate of drug-likeness (QED) is 0.394. The van der Waals surface area contributed by atoms with Crippen LogP contribution in [0, 0.1) is 22.7 Å². The Balaban J connectivity index is 1.62. The highest BCUT2D eigenvalue weighted by molar-refractivity contribution is 5.81. The highest BCUT2D eigenvalue weighted by Crippen LogP contribution is 2.71. The molecule has 174 valence electrons. The molecule has 2 aliphatic heterocycles. The maximum absolute atomic E-state index is 13.7. The van der Waals surface area contributed by atoms with Crippen molar-refractivity contribution in [2.45, 2.75) is 70.7 Å². The standard InChI is InChI=1S/C24H30O8/c1-14-9-20(31-16(3)26)24(13-29-15(2)25)19(5-4-7-22(24)12-30-22)23(14)10-18(32-21(23)27)17-6-8-28-11-17/h6,8,11,14,18-20H,4-5,7,9-10,12-13H2,1-3H3/t14-,18+,19-,20-,22+,23-,24+/m1/s1. The number of esters is 3. The zero-order valence-electron chi connectivity index (χ0n) is 18.8. The zero-order chi connectivity index (χ0) is 22.7. The molecule has 1 aromatic heterocycles. The summed E-state index contributed by atoms with van der Waals surface area (Å²) in [6.45, 7) is 5.37. The van der Waals surface area contributed by atoms with Gasteiger partial charge in [-0.15, -0.1) is 0 Å². The largest absolute Gasteiger partial charge is 0.472 e. The van der Waals surface area contributed by atoms with Crippen LogP contribution < -0.4 is 0 Å². The molecule has 2 saturated carbocycles. The zero-order valence-corrected chi connectivity index (χ0v) is 18.8. The van der Waals surface area contributed by atoms with Gasteiger partial charge in [-0.3, -0.25) is 14.4 Å². The van der Waals surface area contributed by atoms with E-state index in [0.29, 0.717) is 19.4 Å². The number of cyclic esters (lactones) is 1. The van der Waals surface area contributed by atoms with Gasteiger partial charge in [0.25, 0.3) is 0 Å². The summed E-state index contributed by atoms with van der Waals surface area (Å²) < 4.78 is 28.8. The van der Waals surface area contributed by atoms with Crippen molar-refractivity contribution in [1.29, 1.82) is 0 Å². The second-order valence-corrected chi connectivity index (χ2v) is 9.98. The molecule has 8 nitrogen and oxygen atoms in total. The van der Waals surface area contributed by atoms with Crippen LogP contribution in [0.3, 0.4) is 0 Å². The Kier molecular flexibility index (Phi) is 4.93. The summed E-state index contributed by atoms with van der Waals surface area (Å²) in [4.78, 5) is 37.7. The van der Waals surface area contributed by atoms with Gasteiger partial charge in [0.05, 0.1) is 30.0 Å². The smallest absolute Gasteiger partial charge is 0.313 e. The minimum atomic E-state index is -0.792. The van der Waals surface area contributed by atoms with E-state index < -0.39 is 34.6 Å². The molecule has 2 spiro atoms. The van der Waals surface area contributed by atoms with E-state index >= 15 is 0 Å². The fraction of sp³-hybridized carbons (Fsp3) is 0.708. The molecule has 0 radical (unpaired) electrons. The number of furan rings is 1. The van der Waals surface area contributed by atoms with Crippen LogP contribution in [0.2, 0.25) is 0 Å². The molecule has 3 heterocycles. The van der Waals surface area contributed by atoms with Crippen LogP contribution in [0.15, 0.2) is 23.0 Å². The molecule has 0 amide bonds. The van der Waals surface area contributed by atoms with E-state index in [9.17, 15) is 14.4 Å². The van der Waals surface area contributed by atoms with E-state index in [4.69, 9.17) is 23.4 Å². The van der Waals surface area contributed by atoms with Crippen molar-refractivity contribution < 1.29 is 37.7 Å². The maximum atomic E-state index is 13.7. The van der Waals surface area contributed by atoms with Gasteiger partial charge in [-0.2, -0.15) is 0 Å². The second-order valence-electron chi connectivity index (χ2n) is 9.98. The first-order valence-corrected chi connectivity index (χ1v) is 11.4. The number of hydrogen-bond donors (Lipinski definition) is 0. The van der Waals surface area contributed by atoms with Crippen molar-refractivity contribution >= 4 is 17.9 Å². The van der Waals surface area contributed by atoms with Gasteiger partial charge >= 0.3 is 17.9 Å². The van der Waals surface area contributed by atoms with E-state index in [-0.39, 0.29) is 30.4 Å². The van der Waals surface area contributed by atoms with Crippen molar-refractivity contribution in [2.24, 2.45) is 22.7 Å². The van der Waals surface area contributed by atoms with Crippen LogP contribution in [0.5, 0.6) is 0 Å². The normalized spacial score (nSPS) is 42.4. The third kappa shape index (κ3) is 2.87. The van der Waals surface area contributed by atoms with Gasteiger partial charge in [-0.25, -0.2) is 0 Å². The molecule has 0 N–H and O–H groups in total. The maximum Gasteiger partial charge on any atom is 0.313 e. The van der Waals surface area contributed by atoms with Crippen molar-refractivity contribution in [2.75, 3.05) is 13.2 Å². The first-order chi connectivity index (χ1) is 15.2. The van der Waals surface area contributed by atoms with E-state index in [1.165, 1.54) is 13.8 Å². The SMILES string of the molecule is CC(=O)OC[C@@]12[C@H](CCC[C@]13CO3)[C@@]1(C[C@@H](c3ccoc3)OC1=O)[C@H](C)C[C@H]2OC(C)=O. The number of epoxide rings is 1. The van der Waals surface area contributed by atoms with Crippen LogP contribution in [0.25, 0.3) is 0 Å². The molecular formula is C24H30O8. The Bertz CT molecular complexity index is 918. The lowest BCUT2D eigenvalue weighted by Gasteiger charge is -2.61. The molecule has 0 bridgehead atoms. The monoisotopic (exact) mass is 446 g/mol. The molecule has 0 aromatic carbocycles. The van der Waals surface area contributed by atoms with E-state index in [0.717, 1.165) is 24.8 Å². The number of ether oxygens (including phenoxy) is 4. The fourth-order valence-corrected chi connectivity index (χ4v) is 7.12. The number of carbonyl (C=O) groups excluding carboxylic acids is 3. The van der Waals surface area contributed by atoms with Crippen molar-refractivity contribution in [3.8, 4) is 0 Å². The van der Waals surface area contributed by atoms with Crippen LogP contribution >= 0.6 is 0 Å². The molecule has 8 heteroatoms. The number of rotatable bonds is 4. The average molecular weight is 446 g/mol. The summed E-state index contributed by atoms with van der Waals surface area (Å²) in [5, 5.41) is 0. The van der Waals surface area contributed by atoms with Gasteiger partial charge < -0.3 is 23.4 Å². The molecule has 5 rings (SSSR count). The second kappa shape index (κ2) is 7.33. The van der Waals surface area contributed by atoms with Crippen molar-refractivity contribution in [3.05, 3.63) is 24.2 Å². The summed E-state index contributed by atoms with van der Waals surface area (Å²) in [6, 6.07) is 1.82. The molecule has 2 saturated heterocycles. The Labute approximate surface area is 186 Å². The molecule has 0 unspecified atom stereocenters. The Morgan fingerprint density at radius 3 is 2.66 bits per heavy atom. The third-order valence-electron chi connectivity index (χ3n) is 8.57. The summed E-state index contributed by atoms with van der Waals surface area (Å²) in [5.74, 6) is -1.30. The lowest BCUT2D eigenvalue weighted by atomic mass is 9.42. The number of fused-ring (bicyclic) bond motifs is 3. The lowest BCUT2D eigenvalue weighted by Crippen LogP contribution is -2.68. The van der Waals surface area contributed by atoms with E-state index in [1.54, 1.807) is 12.5 Å². The Hall–Kier alpha value is -2.35. The van der Waals surface area contributed by atoms with E-state index in [1.807, 2.05) is 13.0 Å². The highest BCUT2D eigenvalue weighted by atomic mass is 16.6. The predicted octanol–water partition coefficient (Wildman–Crippen LogP) is 3.34. The molecular weight excluding hydrogens is 416 g/mol. The summed E-state index contributed by atoms with van der Waals surface area (Å²) in [6.07, 6.45) is 5.72. The minimum Gasteiger partial charge on any atom is -0.472 e. The molecule has 7 atom stereocenters. The first-order valence-electron chi connectivity index (χ1n) is 11.4. The minimum absolute atomic E-state index is 0.0586. The van der Waals surface area contributed by atoms with Gasteiger partial charge in [0.1, 0.15) is 24.4 Å². The Morgan fingerprint density at radius 2 is 2.03 bits per heavy atom. The van der Waals surface area contributed by atoms with Crippen LogP contribution in [0.1, 0.15) is 64.5 Å². The van der Waals surface area contributed by atoms with Gasteiger partial charge in [0.2, 0.25) is 0 Å². The molecule has 1 aromatic rings. The summed E-state index contributed by atoms with van der Waals surface area (Å²) >= 11 is 0. The Morgan fingerprint density at radius 1 is 1.25 bits per heavy atom. The van der Waals surface area contributed by atoms with Crippen LogP contribution in [-0.2, 0) is 33.3 Å². The highest BCUT2D eigenvalue weighted by Gasteiger charge is 2.78. The lowest BCUT2D eigenvalue weighted by molar-refractivity contribution is -0.228. The average Bonchev–Trinajstić information content (AvgIpc) is 3.16. The predicted molar refractivity (Wildman–Crippen MR) is 109 cm³/mol. The van der Waals surface area contributed by atoms with Crippen LogP contribution in [0.4, 0.5) is 0 Å². The van der Waals surface area contributed by atoms with Crippen LogP contribution in [-0.4, -0.2) is 42.8 Å². The topological polar surface area (TPSA) is 105 Å². The summed E-state index contributed by atoms with van der Waals surface area (Å²) in [5.41, 5.74) is -1.30. The number of carbonyl (C=O) groups is 3. The fourth-order valence-electron chi connectivity index (χ4n) is 7.12. The first kappa shape index (κ1) is 21.5. The van der Waals surface area contributed by atoms with Gasteiger partial charge in [0, 0.05) is 25.8 Å². The van der Waals surface area contributed by atoms with Crippen molar-refractivity contribution in [3.63, 3.8) is 0 Å². The number of hydrogen-bond acceptors (Lipinski definition) is 8. The third-order valence-corrected chi connectivity index (χ3v) is 8.57. The van der Waals surface area contributed by atoms with Gasteiger partial charge in [-0.1, -0.05) is 13.3 Å².